The highest BCUT2D eigenvalue weighted by Crippen LogP contribution is 2.05. The Morgan fingerprint density at radius 1 is 1.28 bits per heavy atom. The molecule has 1 rings (SSSR count). The number of nitrogens with one attached hydrogen (secondary N) is 2. The van der Waals surface area contributed by atoms with Gasteiger partial charge in [0.1, 0.15) is 0 Å². The van der Waals surface area contributed by atoms with Crippen molar-refractivity contribution in [3.05, 3.63) is 35.4 Å². The van der Waals surface area contributed by atoms with Gasteiger partial charge in [0, 0.05) is 11.6 Å². The highest BCUT2D eigenvalue weighted by atomic mass is 16.2. The lowest BCUT2D eigenvalue weighted by Crippen LogP contribution is -2.40. The summed E-state index contributed by atoms with van der Waals surface area (Å²) >= 11 is 0. The van der Waals surface area contributed by atoms with E-state index in [0.29, 0.717) is 5.56 Å². The lowest BCUT2D eigenvalue weighted by molar-refractivity contribution is -0.120. The van der Waals surface area contributed by atoms with Crippen LogP contribution in [0, 0.1) is 6.92 Å². The molecule has 1 atom stereocenters. The molecular formula is C14H20N2O2. The zero-order valence-corrected chi connectivity index (χ0v) is 11.1. The van der Waals surface area contributed by atoms with E-state index in [0.717, 1.165) is 12.0 Å². The number of benzene rings is 1. The summed E-state index contributed by atoms with van der Waals surface area (Å²) in [7, 11) is 0. The smallest absolute Gasteiger partial charge is 0.251 e. The average molecular weight is 248 g/mol. The number of aryl methyl sites for hydroxylation is 1. The van der Waals surface area contributed by atoms with Crippen molar-refractivity contribution in [2.24, 2.45) is 0 Å². The van der Waals surface area contributed by atoms with E-state index in [1.54, 1.807) is 12.1 Å². The minimum absolute atomic E-state index is 0.0114. The van der Waals surface area contributed by atoms with Gasteiger partial charge in [0.05, 0.1) is 6.54 Å². The van der Waals surface area contributed by atoms with Gasteiger partial charge >= 0.3 is 0 Å². The number of rotatable bonds is 5. The molecule has 1 aromatic carbocycles. The summed E-state index contributed by atoms with van der Waals surface area (Å²) in [6.07, 6.45) is 0.872. The molecule has 0 bridgehead atoms. The molecule has 0 spiro atoms. The summed E-state index contributed by atoms with van der Waals surface area (Å²) in [6.45, 7) is 5.81. The zero-order valence-electron chi connectivity index (χ0n) is 11.1. The predicted octanol–water partition coefficient (Wildman–Crippen LogP) is 1.64. The van der Waals surface area contributed by atoms with Gasteiger partial charge in [-0.3, -0.25) is 9.59 Å². The fraction of sp³-hybridized carbons (Fsp3) is 0.429. The summed E-state index contributed by atoms with van der Waals surface area (Å²) in [6, 6.07) is 7.43. The van der Waals surface area contributed by atoms with Crippen LogP contribution in [-0.2, 0) is 4.79 Å². The Morgan fingerprint density at radius 2 is 1.94 bits per heavy atom. The van der Waals surface area contributed by atoms with Crippen LogP contribution < -0.4 is 10.6 Å². The van der Waals surface area contributed by atoms with Gasteiger partial charge in [0.15, 0.2) is 0 Å². The first-order chi connectivity index (χ1) is 8.54. The monoisotopic (exact) mass is 248 g/mol. The SMILES string of the molecule is CCC(C)NC(=O)CNC(=O)c1ccccc1C. The van der Waals surface area contributed by atoms with Gasteiger partial charge in [-0.1, -0.05) is 25.1 Å². The molecule has 0 saturated carbocycles. The van der Waals surface area contributed by atoms with Gasteiger partial charge in [-0.2, -0.15) is 0 Å². The standard InChI is InChI=1S/C14H20N2O2/c1-4-11(3)16-13(17)9-15-14(18)12-8-6-5-7-10(12)2/h5-8,11H,4,9H2,1-3H3,(H,15,18)(H,16,17). The van der Waals surface area contributed by atoms with E-state index in [9.17, 15) is 9.59 Å². The first-order valence-corrected chi connectivity index (χ1v) is 6.17. The van der Waals surface area contributed by atoms with Crippen LogP contribution in [-0.4, -0.2) is 24.4 Å². The summed E-state index contributed by atoms with van der Waals surface area (Å²) in [5, 5.41) is 5.42. The third kappa shape index (κ3) is 4.20. The molecule has 4 nitrogen and oxygen atoms in total. The van der Waals surface area contributed by atoms with Crippen molar-refractivity contribution in [3.8, 4) is 0 Å². The largest absolute Gasteiger partial charge is 0.352 e. The fourth-order valence-electron chi connectivity index (χ4n) is 1.51. The lowest BCUT2D eigenvalue weighted by atomic mass is 10.1. The molecular weight excluding hydrogens is 228 g/mol. The van der Waals surface area contributed by atoms with Gasteiger partial charge in [0.2, 0.25) is 5.91 Å². The molecule has 2 amide bonds. The van der Waals surface area contributed by atoms with E-state index in [2.05, 4.69) is 10.6 Å². The summed E-state index contributed by atoms with van der Waals surface area (Å²) in [5.74, 6) is -0.376. The first-order valence-electron chi connectivity index (χ1n) is 6.17. The second kappa shape index (κ2) is 6.79. The number of hydrogen-bond donors (Lipinski definition) is 2. The Labute approximate surface area is 108 Å². The third-order valence-electron chi connectivity index (χ3n) is 2.82. The molecule has 2 N–H and O–H groups in total. The molecule has 0 radical (unpaired) electrons. The first kappa shape index (κ1) is 14.2. The molecule has 18 heavy (non-hydrogen) atoms. The maximum Gasteiger partial charge on any atom is 0.251 e. The number of amides is 2. The zero-order chi connectivity index (χ0) is 13.5. The van der Waals surface area contributed by atoms with E-state index < -0.39 is 0 Å². The number of carbonyl (C=O) groups is 2. The second-order valence-electron chi connectivity index (χ2n) is 4.37. The van der Waals surface area contributed by atoms with Crippen molar-refractivity contribution < 1.29 is 9.59 Å². The van der Waals surface area contributed by atoms with Crippen LogP contribution in [0.2, 0.25) is 0 Å². The van der Waals surface area contributed by atoms with Crippen LogP contribution >= 0.6 is 0 Å². The molecule has 0 aromatic heterocycles. The molecule has 0 aliphatic rings. The van der Waals surface area contributed by atoms with E-state index >= 15 is 0 Å². The van der Waals surface area contributed by atoms with Crippen molar-refractivity contribution in [1.82, 2.24) is 10.6 Å². The minimum Gasteiger partial charge on any atom is -0.352 e. The van der Waals surface area contributed by atoms with Crippen LogP contribution in [0.1, 0.15) is 36.2 Å². The van der Waals surface area contributed by atoms with Crippen LogP contribution in [0.3, 0.4) is 0 Å². The molecule has 98 valence electrons. The molecule has 1 aromatic rings. The summed E-state index contributed by atoms with van der Waals surface area (Å²) in [5.41, 5.74) is 1.51. The predicted molar refractivity (Wildman–Crippen MR) is 71.4 cm³/mol. The van der Waals surface area contributed by atoms with Gasteiger partial charge in [0.25, 0.3) is 5.91 Å². The normalized spacial score (nSPS) is 11.7. The molecule has 0 fully saturated rings. The van der Waals surface area contributed by atoms with Crippen molar-refractivity contribution >= 4 is 11.8 Å². The van der Waals surface area contributed by atoms with E-state index in [1.165, 1.54) is 0 Å². The molecule has 0 heterocycles. The van der Waals surface area contributed by atoms with Crippen molar-refractivity contribution in [3.63, 3.8) is 0 Å². The highest BCUT2D eigenvalue weighted by Gasteiger charge is 2.10. The van der Waals surface area contributed by atoms with Crippen molar-refractivity contribution in [1.29, 1.82) is 0 Å². The van der Waals surface area contributed by atoms with Crippen molar-refractivity contribution in [2.45, 2.75) is 33.2 Å². The van der Waals surface area contributed by atoms with Gasteiger partial charge in [-0.05, 0) is 31.9 Å². The maximum absolute atomic E-state index is 11.8. The van der Waals surface area contributed by atoms with Crippen LogP contribution in [0.25, 0.3) is 0 Å². The molecule has 0 saturated heterocycles. The second-order valence-corrected chi connectivity index (χ2v) is 4.37. The van der Waals surface area contributed by atoms with E-state index in [4.69, 9.17) is 0 Å². The Bertz CT molecular complexity index is 430. The van der Waals surface area contributed by atoms with Gasteiger partial charge in [-0.25, -0.2) is 0 Å². The Balaban J connectivity index is 2.47. The molecule has 0 aliphatic carbocycles. The van der Waals surface area contributed by atoms with Crippen molar-refractivity contribution in [2.75, 3.05) is 6.54 Å². The Morgan fingerprint density at radius 3 is 2.56 bits per heavy atom. The lowest BCUT2D eigenvalue weighted by Gasteiger charge is -2.12. The van der Waals surface area contributed by atoms with Crippen LogP contribution in [0.4, 0.5) is 0 Å². The Kier molecular flexibility index (Phi) is 5.36. The van der Waals surface area contributed by atoms with Crippen LogP contribution in [0.5, 0.6) is 0 Å². The summed E-state index contributed by atoms with van der Waals surface area (Å²) < 4.78 is 0. The fourth-order valence-corrected chi connectivity index (χ4v) is 1.51. The molecule has 1 unspecified atom stereocenters. The highest BCUT2D eigenvalue weighted by molar-refractivity contribution is 5.97. The van der Waals surface area contributed by atoms with Crippen LogP contribution in [0.15, 0.2) is 24.3 Å². The van der Waals surface area contributed by atoms with Gasteiger partial charge in [-0.15, -0.1) is 0 Å². The van der Waals surface area contributed by atoms with E-state index in [1.807, 2.05) is 32.9 Å². The number of hydrogen-bond acceptors (Lipinski definition) is 2. The molecule has 0 aliphatic heterocycles. The van der Waals surface area contributed by atoms with E-state index in [-0.39, 0.29) is 24.4 Å². The summed E-state index contributed by atoms with van der Waals surface area (Å²) in [4.78, 5) is 23.3. The number of carbonyl (C=O) groups excluding carboxylic acids is 2. The third-order valence-corrected chi connectivity index (χ3v) is 2.82. The molecule has 4 heteroatoms. The van der Waals surface area contributed by atoms with Gasteiger partial charge < -0.3 is 10.6 Å². The average Bonchev–Trinajstić information content (AvgIpc) is 2.36. The quantitative estimate of drug-likeness (QED) is 0.832. The maximum atomic E-state index is 11.8. The minimum atomic E-state index is -0.215. The Hall–Kier alpha value is -1.84. The topological polar surface area (TPSA) is 58.2 Å².